The summed E-state index contributed by atoms with van der Waals surface area (Å²) in [5.74, 6) is -0.0789. The van der Waals surface area contributed by atoms with Gasteiger partial charge in [-0.3, -0.25) is 9.89 Å². The van der Waals surface area contributed by atoms with Crippen LogP contribution in [0.5, 0.6) is 0 Å². The van der Waals surface area contributed by atoms with Crippen LogP contribution in [0.25, 0.3) is 0 Å². The molecule has 20 heavy (non-hydrogen) atoms. The first-order chi connectivity index (χ1) is 9.51. The van der Waals surface area contributed by atoms with Crippen molar-refractivity contribution in [1.29, 1.82) is 0 Å². The Bertz CT molecular complexity index is 427. The van der Waals surface area contributed by atoms with E-state index in [-0.39, 0.29) is 5.91 Å². The maximum Gasteiger partial charge on any atom is 0.276 e. The van der Waals surface area contributed by atoms with Gasteiger partial charge in [-0.15, -0.1) is 0 Å². The highest BCUT2D eigenvalue weighted by atomic mass is 16.2. The zero-order valence-corrected chi connectivity index (χ0v) is 13.1. The Balaban J connectivity index is 2.83. The number of H-pyrrole nitrogens is 1. The molecule has 0 atom stereocenters. The number of amides is 1. The molecule has 0 spiro atoms. The molecule has 0 aliphatic rings. The van der Waals surface area contributed by atoms with Gasteiger partial charge in [0, 0.05) is 19.6 Å². The van der Waals surface area contributed by atoms with Crippen molar-refractivity contribution in [3.05, 3.63) is 11.4 Å². The lowest BCUT2D eigenvalue weighted by Gasteiger charge is -2.23. The predicted molar refractivity (Wildman–Crippen MR) is 81.7 cm³/mol. The molecule has 0 aliphatic heterocycles. The van der Waals surface area contributed by atoms with E-state index in [2.05, 4.69) is 28.9 Å². The van der Waals surface area contributed by atoms with Crippen molar-refractivity contribution in [3.8, 4) is 0 Å². The van der Waals surface area contributed by atoms with Gasteiger partial charge in [-0.05, 0) is 26.9 Å². The van der Waals surface area contributed by atoms with Crippen LogP contribution in [0.1, 0.15) is 42.9 Å². The number of nitrogen functional groups attached to an aromatic ring is 1. The molecule has 0 fully saturated rings. The maximum atomic E-state index is 12.5. The first kappa shape index (κ1) is 16.5. The summed E-state index contributed by atoms with van der Waals surface area (Å²) in [6.07, 6.45) is 2.71. The van der Waals surface area contributed by atoms with Gasteiger partial charge >= 0.3 is 0 Å². The topological polar surface area (TPSA) is 78.2 Å². The quantitative estimate of drug-likeness (QED) is 0.754. The van der Waals surface area contributed by atoms with E-state index in [4.69, 9.17) is 5.73 Å². The van der Waals surface area contributed by atoms with E-state index >= 15 is 0 Å². The van der Waals surface area contributed by atoms with Crippen molar-refractivity contribution in [2.45, 2.75) is 33.1 Å². The molecule has 0 saturated carbocycles. The van der Waals surface area contributed by atoms with Crippen molar-refractivity contribution in [2.75, 3.05) is 39.5 Å². The zero-order valence-electron chi connectivity index (χ0n) is 13.1. The number of hydrogen-bond donors (Lipinski definition) is 2. The van der Waals surface area contributed by atoms with E-state index in [9.17, 15) is 4.79 Å². The predicted octanol–water partition coefficient (Wildman–Crippen LogP) is 1.36. The summed E-state index contributed by atoms with van der Waals surface area (Å²) in [4.78, 5) is 16.4. The minimum absolute atomic E-state index is 0.0789. The Labute approximate surface area is 121 Å². The van der Waals surface area contributed by atoms with Crippen LogP contribution in [0.4, 0.5) is 5.69 Å². The van der Waals surface area contributed by atoms with Gasteiger partial charge in [0.05, 0.1) is 11.4 Å². The van der Waals surface area contributed by atoms with E-state index in [1.807, 2.05) is 19.0 Å². The van der Waals surface area contributed by atoms with Crippen LogP contribution in [0, 0.1) is 0 Å². The van der Waals surface area contributed by atoms with Gasteiger partial charge in [0.15, 0.2) is 5.69 Å². The largest absolute Gasteiger partial charge is 0.395 e. The molecule has 3 N–H and O–H groups in total. The first-order valence-corrected chi connectivity index (χ1v) is 7.27. The highest BCUT2D eigenvalue weighted by Crippen LogP contribution is 2.17. The lowest BCUT2D eigenvalue weighted by Crippen LogP contribution is -2.37. The van der Waals surface area contributed by atoms with Crippen LogP contribution >= 0.6 is 0 Å². The monoisotopic (exact) mass is 281 g/mol. The SMILES string of the molecule is CCCc1[nH]nc(C(=O)N(CCC)CCN(C)C)c1N. The van der Waals surface area contributed by atoms with E-state index < -0.39 is 0 Å². The summed E-state index contributed by atoms with van der Waals surface area (Å²) < 4.78 is 0. The van der Waals surface area contributed by atoms with Gasteiger partial charge in [-0.25, -0.2) is 0 Å². The number of carbonyl (C=O) groups is 1. The van der Waals surface area contributed by atoms with E-state index in [1.165, 1.54) is 0 Å². The minimum atomic E-state index is -0.0789. The molecule has 1 heterocycles. The number of nitrogens with zero attached hydrogens (tertiary/aromatic N) is 3. The van der Waals surface area contributed by atoms with Crippen LogP contribution < -0.4 is 5.73 Å². The van der Waals surface area contributed by atoms with Crippen molar-refractivity contribution in [3.63, 3.8) is 0 Å². The number of aromatic amines is 1. The molecule has 0 saturated heterocycles. The normalized spacial score (nSPS) is 11.1. The number of carbonyl (C=O) groups excluding carboxylic acids is 1. The summed E-state index contributed by atoms with van der Waals surface area (Å²) in [5.41, 5.74) is 7.75. The summed E-state index contributed by atoms with van der Waals surface area (Å²) in [7, 11) is 3.99. The second-order valence-corrected chi connectivity index (χ2v) is 5.31. The van der Waals surface area contributed by atoms with Gasteiger partial charge in [0.25, 0.3) is 5.91 Å². The van der Waals surface area contributed by atoms with Gasteiger partial charge < -0.3 is 15.5 Å². The maximum absolute atomic E-state index is 12.5. The number of likely N-dealkylation sites (N-methyl/N-ethyl adjacent to an activating group) is 1. The van der Waals surface area contributed by atoms with E-state index in [1.54, 1.807) is 0 Å². The van der Waals surface area contributed by atoms with Crippen molar-refractivity contribution in [1.82, 2.24) is 20.0 Å². The molecule has 0 aliphatic carbocycles. The first-order valence-electron chi connectivity index (χ1n) is 7.27. The van der Waals surface area contributed by atoms with Crippen LogP contribution in [-0.4, -0.2) is 59.6 Å². The number of aryl methyl sites for hydroxylation is 1. The third-order valence-corrected chi connectivity index (χ3v) is 3.18. The van der Waals surface area contributed by atoms with Crippen LogP contribution in [0.2, 0.25) is 0 Å². The molecule has 6 heteroatoms. The minimum Gasteiger partial charge on any atom is -0.395 e. The average molecular weight is 281 g/mol. The van der Waals surface area contributed by atoms with Gasteiger partial charge in [-0.2, -0.15) is 5.10 Å². The molecular weight excluding hydrogens is 254 g/mol. The standard InChI is InChI=1S/C14H27N5O/c1-5-7-11-12(15)13(17-16-11)14(20)19(8-6-2)10-9-18(3)4/h5-10,15H2,1-4H3,(H,16,17). The summed E-state index contributed by atoms with van der Waals surface area (Å²) in [6.45, 7) is 6.38. The molecule has 1 aromatic heterocycles. The van der Waals surface area contributed by atoms with Crippen molar-refractivity contribution in [2.24, 2.45) is 0 Å². The zero-order chi connectivity index (χ0) is 15.1. The number of nitrogens with one attached hydrogen (secondary N) is 1. The smallest absolute Gasteiger partial charge is 0.276 e. The third kappa shape index (κ3) is 4.23. The highest BCUT2D eigenvalue weighted by Gasteiger charge is 2.22. The lowest BCUT2D eigenvalue weighted by molar-refractivity contribution is 0.0740. The fourth-order valence-electron chi connectivity index (χ4n) is 2.05. The Morgan fingerprint density at radius 2 is 1.90 bits per heavy atom. The molecule has 1 amide bonds. The molecule has 114 valence electrons. The summed E-state index contributed by atoms with van der Waals surface area (Å²) in [5, 5.41) is 6.99. The molecule has 0 radical (unpaired) electrons. The number of rotatable bonds is 8. The number of nitrogens with two attached hydrogens (primary N) is 1. The molecule has 0 unspecified atom stereocenters. The molecule has 1 aromatic rings. The fourth-order valence-corrected chi connectivity index (χ4v) is 2.05. The highest BCUT2D eigenvalue weighted by molar-refractivity contribution is 5.97. The second-order valence-electron chi connectivity index (χ2n) is 5.31. The number of aromatic nitrogens is 2. The number of hydrogen-bond acceptors (Lipinski definition) is 4. The Morgan fingerprint density at radius 1 is 1.20 bits per heavy atom. The van der Waals surface area contributed by atoms with Crippen LogP contribution in [-0.2, 0) is 6.42 Å². The van der Waals surface area contributed by atoms with Crippen molar-refractivity contribution < 1.29 is 4.79 Å². The third-order valence-electron chi connectivity index (χ3n) is 3.18. The van der Waals surface area contributed by atoms with Gasteiger partial charge in [0.2, 0.25) is 0 Å². The van der Waals surface area contributed by atoms with Crippen molar-refractivity contribution >= 4 is 11.6 Å². The molecular formula is C14H27N5O. The van der Waals surface area contributed by atoms with Crippen LogP contribution in [0.15, 0.2) is 0 Å². The van der Waals surface area contributed by atoms with E-state index in [0.717, 1.165) is 38.0 Å². The fraction of sp³-hybridized carbons (Fsp3) is 0.714. The number of anilines is 1. The van der Waals surface area contributed by atoms with Gasteiger partial charge in [-0.1, -0.05) is 20.3 Å². The average Bonchev–Trinajstić information content (AvgIpc) is 2.76. The lowest BCUT2D eigenvalue weighted by atomic mass is 10.2. The molecule has 1 rings (SSSR count). The van der Waals surface area contributed by atoms with Gasteiger partial charge in [0.1, 0.15) is 0 Å². The second kappa shape index (κ2) is 7.89. The Morgan fingerprint density at radius 3 is 2.45 bits per heavy atom. The molecule has 0 bridgehead atoms. The molecule has 0 aromatic carbocycles. The Hall–Kier alpha value is -1.56. The summed E-state index contributed by atoms with van der Waals surface area (Å²) >= 11 is 0. The molecule has 6 nitrogen and oxygen atoms in total. The van der Waals surface area contributed by atoms with E-state index in [0.29, 0.717) is 17.9 Å². The Kier molecular flexibility index (Phi) is 6.51. The van der Waals surface area contributed by atoms with Crippen LogP contribution in [0.3, 0.4) is 0 Å². The summed E-state index contributed by atoms with van der Waals surface area (Å²) in [6, 6.07) is 0.